The Balaban J connectivity index is 2.13. The maximum Gasteiger partial charge on any atom is 0.311 e. The number of piperidine rings is 1. The highest BCUT2D eigenvalue weighted by Crippen LogP contribution is 2.34. The first-order valence-corrected chi connectivity index (χ1v) is 7.27. The van der Waals surface area contributed by atoms with Gasteiger partial charge in [-0.1, -0.05) is 6.92 Å². The van der Waals surface area contributed by atoms with Crippen molar-refractivity contribution in [2.24, 2.45) is 11.1 Å². The third-order valence-corrected chi connectivity index (χ3v) is 4.23. The Morgan fingerprint density at radius 3 is 2.90 bits per heavy atom. The minimum Gasteiger partial charge on any atom is -0.481 e. The Kier molecular flexibility index (Phi) is 4.62. The summed E-state index contributed by atoms with van der Waals surface area (Å²) in [6.07, 6.45) is 5.08. The van der Waals surface area contributed by atoms with Crippen molar-refractivity contribution in [2.45, 2.75) is 32.7 Å². The number of imidazole rings is 1. The third kappa shape index (κ3) is 3.07. The summed E-state index contributed by atoms with van der Waals surface area (Å²) in [6, 6.07) is 0. The van der Waals surface area contributed by atoms with E-state index in [0.29, 0.717) is 44.6 Å². The normalized spacial score (nSPS) is 22.3. The van der Waals surface area contributed by atoms with E-state index in [1.54, 1.807) is 22.0 Å². The number of carbonyl (C=O) groups is 2. The first-order valence-electron chi connectivity index (χ1n) is 7.27. The highest BCUT2D eigenvalue weighted by Gasteiger charge is 2.42. The average molecular weight is 294 g/mol. The maximum atomic E-state index is 12.5. The molecule has 1 amide bonds. The van der Waals surface area contributed by atoms with Crippen molar-refractivity contribution < 1.29 is 14.7 Å². The molecule has 1 saturated heterocycles. The Morgan fingerprint density at radius 1 is 1.52 bits per heavy atom. The van der Waals surface area contributed by atoms with Gasteiger partial charge in [-0.15, -0.1) is 0 Å². The van der Waals surface area contributed by atoms with Crippen LogP contribution in [0.2, 0.25) is 0 Å². The lowest BCUT2D eigenvalue weighted by Crippen LogP contribution is -2.49. The first-order chi connectivity index (χ1) is 10.0. The van der Waals surface area contributed by atoms with Crippen molar-refractivity contribution in [1.82, 2.24) is 14.5 Å². The average Bonchev–Trinajstić information content (AvgIpc) is 2.95. The molecule has 0 aliphatic carbocycles. The van der Waals surface area contributed by atoms with E-state index >= 15 is 0 Å². The van der Waals surface area contributed by atoms with Crippen molar-refractivity contribution in [2.75, 3.05) is 19.6 Å². The van der Waals surface area contributed by atoms with Gasteiger partial charge >= 0.3 is 5.97 Å². The summed E-state index contributed by atoms with van der Waals surface area (Å²) in [5.74, 6) is -1.03. The number of hydrogen-bond acceptors (Lipinski definition) is 4. The molecule has 7 heteroatoms. The fraction of sp³-hybridized carbons (Fsp3) is 0.643. The molecule has 3 N–H and O–H groups in total. The van der Waals surface area contributed by atoms with Crippen LogP contribution in [0, 0.1) is 5.41 Å². The summed E-state index contributed by atoms with van der Waals surface area (Å²) in [6.45, 7) is 3.77. The molecular formula is C14H22N4O3. The van der Waals surface area contributed by atoms with Crippen LogP contribution in [-0.2, 0) is 11.3 Å². The molecule has 7 nitrogen and oxygen atoms in total. The molecule has 0 radical (unpaired) electrons. The maximum absolute atomic E-state index is 12.5. The second kappa shape index (κ2) is 6.26. The minimum absolute atomic E-state index is 0.204. The zero-order valence-corrected chi connectivity index (χ0v) is 12.3. The summed E-state index contributed by atoms with van der Waals surface area (Å²) >= 11 is 0. The Hall–Kier alpha value is -1.89. The summed E-state index contributed by atoms with van der Waals surface area (Å²) < 4.78 is 1.77. The van der Waals surface area contributed by atoms with E-state index in [2.05, 4.69) is 4.98 Å². The van der Waals surface area contributed by atoms with E-state index in [0.717, 1.165) is 0 Å². The molecule has 2 heterocycles. The quantitative estimate of drug-likeness (QED) is 0.826. The van der Waals surface area contributed by atoms with Gasteiger partial charge in [0, 0.05) is 32.4 Å². The highest BCUT2D eigenvalue weighted by atomic mass is 16.4. The third-order valence-electron chi connectivity index (χ3n) is 4.23. The zero-order chi connectivity index (χ0) is 15.5. The molecule has 116 valence electrons. The van der Waals surface area contributed by atoms with E-state index in [4.69, 9.17) is 5.73 Å². The fourth-order valence-electron chi connectivity index (χ4n) is 2.82. The van der Waals surface area contributed by atoms with Gasteiger partial charge in [-0.05, 0) is 19.3 Å². The predicted molar refractivity (Wildman–Crippen MR) is 76.8 cm³/mol. The minimum atomic E-state index is -0.826. The van der Waals surface area contributed by atoms with Gasteiger partial charge in [0.15, 0.2) is 0 Å². The van der Waals surface area contributed by atoms with Gasteiger partial charge in [-0.2, -0.15) is 0 Å². The lowest BCUT2D eigenvalue weighted by atomic mass is 9.77. The summed E-state index contributed by atoms with van der Waals surface area (Å²) in [5.41, 5.74) is 4.99. The number of nitrogens with two attached hydrogens (primary N) is 1. The Labute approximate surface area is 123 Å². The van der Waals surface area contributed by atoms with Crippen molar-refractivity contribution in [3.8, 4) is 0 Å². The van der Waals surface area contributed by atoms with Crippen LogP contribution in [0.3, 0.4) is 0 Å². The van der Waals surface area contributed by atoms with Crippen LogP contribution < -0.4 is 5.73 Å². The van der Waals surface area contributed by atoms with Gasteiger partial charge in [0.05, 0.1) is 11.7 Å². The van der Waals surface area contributed by atoms with Crippen LogP contribution in [0.25, 0.3) is 0 Å². The van der Waals surface area contributed by atoms with E-state index < -0.39 is 11.4 Å². The zero-order valence-electron chi connectivity index (χ0n) is 12.3. The number of aromatic nitrogens is 2. The van der Waals surface area contributed by atoms with Gasteiger partial charge < -0.3 is 20.3 Å². The number of rotatable bonds is 5. The molecule has 0 bridgehead atoms. The van der Waals surface area contributed by atoms with Crippen molar-refractivity contribution >= 4 is 11.9 Å². The second-order valence-electron chi connectivity index (χ2n) is 5.55. The SMILES string of the molecule is CCC1(C(=O)O)CCCN(C(=O)c2cn(CCN)cn2)C1. The van der Waals surface area contributed by atoms with Crippen LogP contribution in [0.15, 0.2) is 12.5 Å². The monoisotopic (exact) mass is 294 g/mol. The molecule has 21 heavy (non-hydrogen) atoms. The number of carbonyl (C=O) groups excluding carboxylic acids is 1. The Bertz CT molecular complexity index is 528. The number of carboxylic acids is 1. The van der Waals surface area contributed by atoms with E-state index in [1.165, 1.54) is 0 Å². The van der Waals surface area contributed by atoms with Crippen LogP contribution >= 0.6 is 0 Å². The molecule has 0 spiro atoms. The second-order valence-corrected chi connectivity index (χ2v) is 5.55. The highest BCUT2D eigenvalue weighted by molar-refractivity contribution is 5.92. The number of nitrogens with zero attached hydrogens (tertiary/aromatic N) is 3. The van der Waals surface area contributed by atoms with Gasteiger partial charge in [-0.3, -0.25) is 9.59 Å². The lowest BCUT2D eigenvalue weighted by molar-refractivity contribution is -0.152. The lowest BCUT2D eigenvalue weighted by Gasteiger charge is -2.39. The van der Waals surface area contributed by atoms with Crippen molar-refractivity contribution in [3.63, 3.8) is 0 Å². The van der Waals surface area contributed by atoms with Crippen LogP contribution in [0.1, 0.15) is 36.7 Å². The van der Waals surface area contributed by atoms with Crippen LogP contribution in [0.5, 0.6) is 0 Å². The molecule has 1 unspecified atom stereocenters. The molecule has 0 saturated carbocycles. The number of amides is 1. The summed E-state index contributed by atoms with van der Waals surface area (Å²) in [4.78, 5) is 29.7. The van der Waals surface area contributed by atoms with E-state index in [-0.39, 0.29) is 12.5 Å². The number of likely N-dealkylation sites (tertiary alicyclic amines) is 1. The molecule has 0 aromatic carbocycles. The Morgan fingerprint density at radius 2 is 2.29 bits per heavy atom. The van der Waals surface area contributed by atoms with Crippen molar-refractivity contribution in [3.05, 3.63) is 18.2 Å². The molecule has 1 aromatic rings. The number of aliphatic carboxylic acids is 1. The number of carboxylic acid groups (broad SMARTS) is 1. The standard InChI is InChI=1S/C14H22N4O3/c1-2-14(13(20)21)4-3-6-18(9-14)12(19)11-8-17(7-5-15)10-16-11/h8,10H,2-7,9,15H2,1H3,(H,20,21). The van der Waals surface area contributed by atoms with Crippen LogP contribution in [-0.4, -0.2) is 51.1 Å². The van der Waals surface area contributed by atoms with Crippen LogP contribution in [0.4, 0.5) is 0 Å². The predicted octanol–water partition coefficient (Wildman–Crippen LogP) is 0.559. The molecule has 1 aromatic heterocycles. The topological polar surface area (TPSA) is 101 Å². The molecule has 1 fully saturated rings. The van der Waals surface area contributed by atoms with Gasteiger partial charge in [0.25, 0.3) is 5.91 Å². The van der Waals surface area contributed by atoms with Gasteiger partial charge in [0.1, 0.15) is 5.69 Å². The molecule has 1 aliphatic rings. The fourth-order valence-corrected chi connectivity index (χ4v) is 2.82. The summed E-state index contributed by atoms with van der Waals surface area (Å²) in [7, 11) is 0. The molecule has 1 atom stereocenters. The number of hydrogen-bond donors (Lipinski definition) is 2. The van der Waals surface area contributed by atoms with Gasteiger partial charge in [-0.25, -0.2) is 4.98 Å². The first kappa shape index (κ1) is 15.5. The van der Waals surface area contributed by atoms with E-state index in [9.17, 15) is 14.7 Å². The van der Waals surface area contributed by atoms with Gasteiger partial charge in [0.2, 0.25) is 0 Å². The molecule has 1 aliphatic heterocycles. The smallest absolute Gasteiger partial charge is 0.311 e. The summed E-state index contributed by atoms with van der Waals surface area (Å²) in [5, 5.41) is 9.46. The van der Waals surface area contributed by atoms with Crippen molar-refractivity contribution in [1.29, 1.82) is 0 Å². The molecular weight excluding hydrogens is 272 g/mol. The molecule has 2 rings (SSSR count). The van der Waals surface area contributed by atoms with E-state index in [1.807, 2.05) is 6.92 Å². The largest absolute Gasteiger partial charge is 0.481 e.